The van der Waals surface area contributed by atoms with Gasteiger partial charge in [0.15, 0.2) is 0 Å². The smallest absolute Gasteiger partial charge is 0.325 e. The van der Waals surface area contributed by atoms with Crippen LogP contribution in [0, 0.1) is 6.92 Å². The molecule has 1 unspecified atom stereocenters. The third-order valence-electron chi connectivity index (χ3n) is 4.92. The number of carbonyl (C=O) groups is 1. The monoisotopic (exact) mass is 320 g/mol. The number of carboxylic acid groups (broad SMARTS) is 1. The van der Waals surface area contributed by atoms with Gasteiger partial charge in [-0.15, -0.1) is 0 Å². The zero-order valence-electron chi connectivity index (χ0n) is 13.6. The van der Waals surface area contributed by atoms with Crippen LogP contribution in [-0.2, 0) is 17.8 Å². The molecule has 122 valence electrons. The fourth-order valence-electron chi connectivity index (χ4n) is 3.71. The van der Waals surface area contributed by atoms with Gasteiger partial charge >= 0.3 is 5.97 Å². The van der Waals surface area contributed by atoms with Gasteiger partial charge in [-0.25, -0.2) is 0 Å². The highest BCUT2D eigenvalue weighted by atomic mass is 16.4. The minimum atomic E-state index is -0.795. The highest BCUT2D eigenvalue weighted by Crippen LogP contribution is 2.32. The number of aliphatic carboxylic acids is 1. The van der Waals surface area contributed by atoms with Crippen molar-refractivity contribution >= 4 is 16.9 Å². The molecule has 0 aliphatic carbocycles. The van der Waals surface area contributed by atoms with Crippen LogP contribution in [0.2, 0.25) is 0 Å². The van der Waals surface area contributed by atoms with Crippen molar-refractivity contribution < 1.29 is 9.90 Å². The molecule has 0 bridgehead atoms. The number of carboxylic acids is 1. The van der Waals surface area contributed by atoms with Crippen molar-refractivity contribution in [3.05, 3.63) is 70.9 Å². The summed E-state index contributed by atoms with van der Waals surface area (Å²) in [7, 11) is 0. The van der Waals surface area contributed by atoms with Crippen molar-refractivity contribution in [1.82, 2.24) is 9.88 Å². The van der Waals surface area contributed by atoms with Crippen LogP contribution in [0.1, 0.15) is 28.3 Å². The molecule has 0 saturated heterocycles. The van der Waals surface area contributed by atoms with Crippen LogP contribution in [-0.4, -0.2) is 27.5 Å². The maximum atomic E-state index is 12.1. The van der Waals surface area contributed by atoms with E-state index in [2.05, 4.69) is 28.1 Å². The summed E-state index contributed by atoms with van der Waals surface area (Å²) < 4.78 is 0. The first-order valence-electron chi connectivity index (χ1n) is 8.25. The minimum Gasteiger partial charge on any atom is -0.480 e. The number of aromatic amines is 1. The Hall–Kier alpha value is -2.59. The van der Waals surface area contributed by atoms with E-state index in [1.54, 1.807) is 0 Å². The van der Waals surface area contributed by atoms with Gasteiger partial charge in [0.2, 0.25) is 0 Å². The van der Waals surface area contributed by atoms with E-state index in [0.29, 0.717) is 6.54 Å². The minimum absolute atomic E-state index is 0.631. The highest BCUT2D eigenvalue weighted by Gasteiger charge is 2.31. The first-order valence-corrected chi connectivity index (χ1v) is 8.25. The van der Waals surface area contributed by atoms with E-state index in [1.807, 2.05) is 37.4 Å². The molecule has 4 rings (SSSR count). The molecule has 2 heterocycles. The lowest BCUT2D eigenvalue weighted by Crippen LogP contribution is -2.38. The Labute approximate surface area is 140 Å². The number of fused-ring (bicyclic) bond motifs is 2. The summed E-state index contributed by atoms with van der Waals surface area (Å²) in [5.41, 5.74) is 5.52. The lowest BCUT2D eigenvalue weighted by atomic mass is 9.96. The molecule has 0 saturated carbocycles. The molecule has 4 nitrogen and oxygen atoms in total. The third kappa shape index (κ3) is 2.49. The van der Waals surface area contributed by atoms with E-state index in [9.17, 15) is 9.90 Å². The van der Waals surface area contributed by atoms with Gasteiger partial charge in [-0.3, -0.25) is 9.69 Å². The van der Waals surface area contributed by atoms with Gasteiger partial charge in [0, 0.05) is 35.8 Å². The lowest BCUT2D eigenvalue weighted by Gasteiger charge is -2.33. The van der Waals surface area contributed by atoms with Gasteiger partial charge < -0.3 is 10.1 Å². The van der Waals surface area contributed by atoms with Crippen molar-refractivity contribution in [2.24, 2.45) is 0 Å². The Balaban J connectivity index is 1.75. The van der Waals surface area contributed by atoms with Crippen LogP contribution in [0.25, 0.3) is 10.9 Å². The molecule has 1 aliphatic rings. The molecular weight excluding hydrogens is 300 g/mol. The normalized spacial score (nSPS) is 16.0. The third-order valence-corrected chi connectivity index (χ3v) is 4.92. The molecule has 0 radical (unpaired) electrons. The summed E-state index contributed by atoms with van der Waals surface area (Å²) >= 11 is 0. The molecule has 3 aromatic rings. The van der Waals surface area contributed by atoms with E-state index in [-0.39, 0.29) is 0 Å². The molecule has 0 spiro atoms. The average Bonchev–Trinajstić information content (AvgIpc) is 2.97. The maximum absolute atomic E-state index is 12.1. The molecule has 0 fully saturated rings. The van der Waals surface area contributed by atoms with Gasteiger partial charge in [0.05, 0.1) is 0 Å². The average molecular weight is 320 g/mol. The number of hydrogen-bond acceptors (Lipinski definition) is 2. The molecule has 24 heavy (non-hydrogen) atoms. The fourth-order valence-corrected chi connectivity index (χ4v) is 3.71. The molecule has 2 N–H and O–H groups in total. The van der Waals surface area contributed by atoms with Gasteiger partial charge in [-0.05, 0) is 36.6 Å². The molecule has 4 heteroatoms. The Kier molecular flexibility index (Phi) is 3.62. The van der Waals surface area contributed by atoms with Gasteiger partial charge in [-0.2, -0.15) is 0 Å². The summed E-state index contributed by atoms with van der Waals surface area (Å²) in [6.07, 6.45) is 2.74. The number of aromatic nitrogens is 1. The van der Waals surface area contributed by atoms with E-state index < -0.39 is 12.0 Å². The Bertz CT molecular complexity index is 913. The highest BCUT2D eigenvalue weighted by molar-refractivity contribution is 5.89. The van der Waals surface area contributed by atoms with Crippen LogP contribution in [0.4, 0.5) is 0 Å². The molecule has 1 aliphatic heterocycles. The van der Waals surface area contributed by atoms with E-state index in [0.717, 1.165) is 35.0 Å². The largest absolute Gasteiger partial charge is 0.480 e. The number of H-pyrrole nitrogens is 1. The quantitative estimate of drug-likeness (QED) is 0.774. The first-order chi connectivity index (χ1) is 11.6. The van der Waals surface area contributed by atoms with Crippen molar-refractivity contribution in [3.63, 3.8) is 0 Å². The fraction of sp³-hybridized carbons (Fsp3) is 0.250. The summed E-state index contributed by atoms with van der Waals surface area (Å²) in [5, 5.41) is 10.9. The van der Waals surface area contributed by atoms with E-state index in [1.165, 1.54) is 11.1 Å². The zero-order valence-corrected chi connectivity index (χ0v) is 13.6. The summed E-state index contributed by atoms with van der Waals surface area (Å²) in [6.45, 7) is 3.46. The van der Waals surface area contributed by atoms with Crippen molar-refractivity contribution in [3.8, 4) is 0 Å². The Morgan fingerprint density at radius 3 is 2.79 bits per heavy atom. The number of aryl methyl sites for hydroxylation is 1. The molecule has 1 atom stereocenters. The van der Waals surface area contributed by atoms with Crippen molar-refractivity contribution in [1.29, 1.82) is 0 Å². The number of benzene rings is 2. The predicted octanol–water partition coefficient (Wildman–Crippen LogP) is 3.66. The van der Waals surface area contributed by atoms with Crippen LogP contribution in [0.5, 0.6) is 0 Å². The Morgan fingerprint density at radius 1 is 1.21 bits per heavy atom. The zero-order chi connectivity index (χ0) is 16.7. The van der Waals surface area contributed by atoms with E-state index in [4.69, 9.17) is 0 Å². The second-order valence-electron chi connectivity index (χ2n) is 6.52. The number of nitrogens with one attached hydrogen (secondary N) is 1. The number of hydrogen-bond donors (Lipinski definition) is 2. The topological polar surface area (TPSA) is 56.3 Å². The maximum Gasteiger partial charge on any atom is 0.325 e. The summed E-state index contributed by atoms with van der Waals surface area (Å²) in [6, 6.07) is 13.8. The van der Waals surface area contributed by atoms with Crippen LogP contribution >= 0.6 is 0 Å². The van der Waals surface area contributed by atoms with Gasteiger partial charge in [-0.1, -0.05) is 35.9 Å². The van der Waals surface area contributed by atoms with Crippen molar-refractivity contribution in [2.45, 2.75) is 25.9 Å². The van der Waals surface area contributed by atoms with Gasteiger partial charge in [0.25, 0.3) is 0 Å². The Morgan fingerprint density at radius 2 is 2.00 bits per heavy atom. The number of nitrogens with zero attached hydrogens (tertiary/aromatic N) is 1. The van der Waals surface area contributed by atoms with Crippen molar-refractivity contribution in [2.75, 3.05) is 6.54 Å². The lowest BCUT2D eigenvalue weighted by molar-refractivity contribution is -0.144. The molecule has 2 aromatic carbocycles. The van der Waals surface area contributed by atoms with Crippen LogP contribution < -0.4 is 0 Å². The summed E-state index contributed by atoms with van der Waals surface area (Å²) in [4.78, 5) is 17.4. The molecular formula is C20H20N2O2. The van der Waals surface area contributed by atoms with Crippen LogP contribution in [0.15, 0.2) is 48.7 Å². The van der Waals surface area contributed by atoms with E-state index >= 15 is 0 Å². The van der Waals surface area contributed by atoms with Crippen LogP contribution in [0.3, 0.4) is 0 Å². The molecule has 1 aromatic heterocycles. The summed E-state index contributed by atoms with van der Waals surface area (Å²) in [5.74, 6) is -0.795. The second kappa shape index (κ2) is 5.80. The number of rotatable bonds is 3. The SMILES string of the molecule is Cc1ccc2[nH]cc(C(C(=O)O)N3CCc4ccccc4C3)c2c1. The van der Waals surface area contributed by atoms with Gasteiger partial charge in [0.1, 0.15) is 6.04 Å². The second-order valence-corrected chi connectivity index (χ2v) is 6.52. The molecule has 0 amide bonds. The predicted molar refractivity (Wildman–Crippen MR) is 94.0 cm³/mol. The standard InChI is InChI=1S/C20H20N2O2/c1-13-6-7-18-16(10-13)17(11-21-18)19(20(23)24)22-9-8-14-4-2-3-5-15(14)12-22/h2-7,10-11,19,21H,8-9,12H2,1H3,(H,23,24). The first kappa shape index (κ1) is 15.0.